The number of hydrogen-bond acceptors (Lipinski definition) is 5. The van der Waals surface area contributed by atoms with Crippen LogP contribution in [-0.2, 0) is 19.0 Å². The largest absolute Gasteiger partial charge is 0.508 e. The molecule has 0 rings (SSSR count). The van der Waals surface area contributed by atoms with Gasteiger partial charge in [-0.1, -0.05) is 13.5 Å². The van der Waals surface area contributed by atoms with Crippen LogP contribution in [0.4, 0.5) is 4.79 Å². The van der Waals surface area contributed by atoms with Gasteiger partial charge in [0.15, 0.2) is 0 Å². The lowest BCUT2D eigenvalue weighted by molar-refractivity contribution is -0.138. The standard InChI is InChI=1S/C9H14O5/c1-3-5-13-9(11)14-7-6-12-8(10)4-2/h4H,2-3,5-7H2,1H3. The van der Waals surface area contributed by atoms with Crippen LogP contribution in [-0.4, -0.2) is 31.9 Å². The summed E-state index contributed by atoms with van der Waals surface area (Å²) in [5.74, 6) is -0.546. The minimum Gasteiger partial charge on any atom is -0.459 e. The molecular weight excluding hydrogens is 188 g/mol. The van der Waals surface area contributed by atoms with E-state index in [1.54, 1.807) is 0 Å². The summed E-state index contributed by atoms with van der Waals surface area (Å²) in [6.07, 6.45) is 1.03. The first-order valence-electron chi connectivity index (χ1n) is 4.29. The summed E-state index contributed by atoms with van der Waals surface area (Å²) in [7, 11) is 0. The van der Waals surface area contributed by atoms with Gasteiger partial charge in [0, 0.05) is 6.08 Å². The minimum atomic E-state index is -0.749. The van der Waals surface area contributed by atoms with Crippen LogP contribution in [0.15, 0.2) is 12.7 Å². The Morgan fingerprint density at radius 3 is 2.29 bits per heavy atom. The average molecular weight is 202 g/mol. The van der Waals surface area contributed by atoms with E-state index in [1.165, 1.54) is 0 Å². The van der Waals surface area contributed by atoms with Gasteiger partial charge in [-0.15, -0.1) is 0 Å². The molecule has 14 heavy (non-hydrogen) atoms. The predicted octanol–water partition coefficient (Wildman–Crippen LogP) is 1.28. The van der Waals surface area contributed by atoms with Crippen molar-refractivity contribution < 1.29 is 23.8 Å². The van der Waals surface area contributed by atoms with Crippen molar-refractivity contribution in [3.05, 3.63) is 12.7 Å². The van der Waals surface area contributed by atoms with Gasteiger partial charge in [-0.25, -0.2) is 9.59 Å². The predicted molar refractivity (Wildman–Crippen MR) is 48.7 cm³/mol. The fraction of sp³-hybridized carbons (Fsp3) is 0.556. The number of ether oxygens (including phenoxy) is 3. The first-order chi connectivity index (χ1) is 6.70. The lowest BCUT2D eigenvalue weighted by Gasteiger charge is -2.04. The van der Waals surface area contributed by atoms with Gasteiger partial charge in [-0.3, -0.25) is 0 Å². The van der Waals surface area contributed by atoms with E-state index in [-0.39, 0.29) is 13.2 Å². The van der Waals surface area contributed by atoms with Gasteiger partial charge >= 0.3 is 12.1 Å². The summed E-state index contributed by atoms with van der Waals surface area (Å²) in [5, 5.41) is 0. The molecule has 0 fully saturated rings. The normalized spacial score (nSPS) is 8.93. The molecule has 5 heteroatoms. The van der Waals surface area contributed by atoms with E-state index in [1.807, 2.05) is 6.92 Å². The van der Waals surface area contributed by atoms with Crippen molar-refractivity contribution in [2.24, 2.45) is 0 Å². The monoisotopic (exact) mass is 202 g/mol. The minimum absolute atomic E-state index is 0.00603. The van der Waals surface area contributed by atoms with Crippen LogP contribution in [0.5, 0.6) is 0 Å². The summed E-state index contributed by atoms with van der Waals surface area (Å²) < 4.78 is 13.7. The quantitative estimate of drug-likeness (QED) is 0.369. The van der Waals surface area contributed by atoms with Crippen LogP contribution >= 0.6 is 0 Å². The van der Waals surface area contributed by atoms with Crippen molar-refractivity contribution in [1.29, 1.82) is 0 Å². The summed E-state index contributed by atoms with van der Waals surface area (Å²) in [4.78, 5) is 21.2. The molecule has 0 N–H and O–H groups in total. The lowest BCUT2D eigenvalue weighted by Crippen LogP contribution is -2.14. The summed E-state index contributed by atoms with van der Waals surface area (Å²) >= 11 is 0. The number of hydrogen-bond donors (Lipinski definition) is 0. The average Bonchev–Trinajstić information content (AvgIpc) is 2.21. The van der Waals surface area contributed by atoms with Gasteiger partial charge in [-0.05, 0) is 6.42 Å². The van der Waals surface area contributed by atoms with Gasteiger partial charge in [-0.2, -0.15) is 0 Å². The zero-order valence-corrected chi connectivity index (χ0v) is 8.15. The lowest BCUT2D eigenvalue weighted by atomic mass is 10.5. The Hall–Kier alpha value is -1.52. The van der Waals surface area contributed by atoms with Crippen molar-refractivity contribution in [1.82, 2.24) is 0 Å². The maximum absolute atomic E-state index is 10.7. The molecule has 0 unspecified atom stereocenters. The van der Waals surface area contributed by atoms with Gasteiger partial charge in [0.25, 0.3) is 0 Å². The van der Waals surface area contributed by atoms with Crippen molar-refractivity contribution >= 4 is 12.1 Å². The topological polar surface area (TPSA) is 61.8 Å². The molecule has 5 nitrogen and oxygen atoms in total. The Labute approximate surface area is 82.6 Å². The maximum atomic E-state index is 10.7. The third kappa shape index (κ3) is 7.15. The molecule has 0 saturated carbocycles. The molecule has 0 aromatic carbocycles. The second-order valence-electron chi connectivity index (χ2n) is 2.32. The van der Waals surface area contributed by atoms with E-state index in [0.29, 0.717) is 6.61 Å². The van der Waals surface area contributed by atoms with Crippen LogP contribution < -0.4 is 0 Å². The van der Waals surface area contributed by atoms with Gasteiger partial charge in [0.2, 0.25) is 0 Å². The highest BCUT2D eigenvalue weighted by atomic mass is 16.7. The molecule has 0 aliphatic heterocycles. The fourth-order valence-electron chi connectivity index (χ4n) is 0.553. The molecule has 0 radical (unpaired) electrons. The van der Waals surface area contributed by atoms with Crippen molar-refractivity contribution in [2.45, 2.75) is 13.3 Å². The second kappa shape index (κ2) is 8.10. The molecule has 0 amide bonds. The number of rotatable bonds is 6. The van der Waals surface area contributed by atoms with Crippen LogP contribution in [0.25, 0.3) is 0 Å². The van der Waals surface area contributed by atoms with E-state index in [2.05, 4.69) is 20.8 Å². The smallest absolute Gasteiger partial charge is 0.459 e. The van der Waals surface area contributed by atoms with E-state index < -0.39 is 12.1 Å². The Bertz CT molecular complexity index is 199. The molecule has 0 atom stereocenters. The van der Waals surface area contributed by atoms with E-state index in [0.717, 1.165) is 12.5 Å². The number of carbonyl (C=O) groups is 2. The Morgan fingerprint density at radius 2 is 1.71 bits per heavy atom. The molecule has 0 aliphatic carbocycles. The summed E-state index contributed by atoms with van der Waals surface area (Å²) in [6, 6.07) is 0. The third-order valence-electron chi connectivity index (χ3n) is 1.14. The van der Waals surface area contributed by atoms with Gasteiger partial charge < -0.3 is 14.2 Å². The van der Waals surface area contributed by atoms with Crippen LogP contribution in [0, 0.1) is 0 Å². The van der Waals surface area contributed by atoms with Gasteiger partial charge in [0.1, 0.15) is 13.2 Å². The van der Waals surface area contributed by atoms with E-state index in [9.17, 15) is 9.59 Å². The zero-order valence-electron chi connectivity index (χ0n) is 8.15. The Balaban J connectivity index is 3.31. The van der Waals surface area contributed by atoms with Crippen LogP contribution in [0.3, 0.4) is 0 Å². The maximum Gasteiger partial charge on any atom is 0.508 e. The zero-order chi connectivity index (χ0) is 10.8. The van der Waals surface area contributed by atoms with Crippen molar-refractivity contribution in [3.63, 3.8) is 0 Å². The third-order valence-corrected chi connectivity index (χ3v) is 1.14. The molecule has 0 heterocycles. The molecule has 0 spiro atoms. The highest BCUT2D eigenvalue weighted by Gasteiger charge is 2.02. The van der Waals surface area contributed by atoms with E-state index >= 15 is 0 Å². The summed E-state index contributed by atoms with van der Waals surface area (Å²) in [6.45, 7) is 5.40. The van der Waals surface area contributed by atoms with Crippen molar-refractivity contribution in [3.8, 4) is 0 Å². The molecule has 80 valence electrons. The highest BCUT2D eigenvalue weighted by Crippen LogP contribution is 1.88. The van der Waals surface area contributed by atoms with Crippen molar-refractivity contribution in [2.75, 3.05) is 19.8 Å². The molecule has 0 aliphatic rings. The number of carbonyl (C=O) groups excluding carboxylic acids is 2. The van der Waals surface area contributed by atoms with E-state index in [4.69, 9.17) is 0 Å². The first-order valence-corrected chi connectivity index (χ1v) is 4.29. The highest BCUT2D eigenvalue weighted by molar-refractivity contribution is 5.81. The second-order valence-corrected chi connectivity index (χ2v) is 2.32. The molecule has 0 aromatic heterocycles. The summed E-state index contributed by atoms with van der Waals surface area (Å²) in [5.41, 5.74) is 0. The van der Waals surface area contributed by atoms with Gasteiger partial charge in [0.05, 0.1) is 6.61 Å². The Kier molecular flexibility index (Phi) is 7.22. The Morgan fingerprint density at radius 1 is 1.14 bits per heavy atom. The first kappa shape index (κ1) is 12.5. The van der Waals surface area contributed by atoms with Crippen LogP contribution in [0.2, 0.25) is 0 Å². The fourth-order valence-corrected chi connectivity index (χ4v) is 0.553. The van der Waals surface area contributed by atoms with Crippen LogP contribution in [0.1, 0.15) is 13.3 Å². The number of esters is 1. The molecule has 0 aromatic rings. The molecular formula is C9H14O5. The molecule has 0 saturated heterocycles. The SMILES string of the molecule is C=CC(=O)OCCOC(=O)OCCC. The molecule has 0 bridgehead atoms.